The van der Waals surface area contributed by atoms with E-state index in [4.69, 9.17) is 14.2 Å². The average molecular weight is 413 g/mol. The SMILES string of the molecule is Cc1cc2c(c(OCCC(C)C)c1)Oc1ccc([C@@H](O)CC(C)C)cc1C(=O)OC2. The maximum absolute atomic E-state index is 12.7. The molecule has 30 heavy (non-hydrogen) atoms. The first kappa shape index (κ1) is 22.2. The number of rotatable bonds is 7. The summed E-state index contributed by atoms with van der Waals surface area (Å²) in [5.74, 6) is 2.05. The van der Waals surface area contributed by atoms with Gasteiger partial charge in [0.1, 0.15) is 17.9 Å². The molecule has 1 heterocycles. The Kier molecular flexibility index (Phi) is 7.03. The molecule has 2 aromatic carbocycles. The van der Waals surface area contributed by atoms with Crippen molar-refractivity contribution in [1.82, 2.24) is 0 Å². The topological polar surface area (TPSA) is 65.0 Å². The molecule has 0 unspecified atom stereocenters. The Morgan fingerprint density at radius 1 is 1.10 bits per heavy atom. The third-order valence-corrected chi connectivity index (χ3v) is 5.10. The minimum absolute atomic E-state index is 0.106. The summed E-state index contributed by atoms with van der Waals surface area (Å²) in [4.78, 5) is 12.7. The first-order valence-corrected chi connectivity index (χ1v) is 10.7. The van der Waals surface area contributed by atoms with Gasteiger partial charge < -0.3 is 19.3 Å². The summed E-state index contributed by atoms with van der Waals surface area (Å²) in [6, 6.07) is 9.09. The molecule has 2 aromatic rings. The molecule has 0 saturated heterocycles. The molecular weight excluding hydrogens is 380 g/mol. The van der Waals surface area contributed by atoms with E-state index in [9.17, 15) is 9.90 Å². The summed E-state index contributed by atoms with van der Waals surface area (Å²) in [6.45, 7) is 11.1. The zero-order valence-electron chi connectivity index (χ0n) is 18.5. The van der Waals surface area contributed by atoms with Crippen LogP contribution in [0.5, 0.6) is 17.2 Å². The maximum Gasteiger partial charge on any atom is 0.342 e. The average Bonchev–Trinajstić information content (AvgIpc) is 2.66. The third-order valence-electron chi connectivity index (χ3n) is 5.10. The highest BCUT2D eigenvalue weighted by Crippen LogP contribution is 2.40. The van der Waals surface area contributed by atoms with Gasteiger partial charge >= 0.3 is 5.97 Å². The van der Waals surface area contributed by atoms with Gasteiger partial charge in [-0.05, 0) is 67.0 Å². The minimum Gasteiger partial charge on any atom is -0.490 e. The van der Waals surface area contributed by atoms with Crippen LogP contribution < -0.4 is 9.47 Å². The quantitative estimate of drug-likeness (QED) is 0.568. The smallest absolute Gasteiger partial charge is 0.342 e. The maximum atomic E-state index is 12.7. The van der Waals surface area contributed by atoms with Crippen LogP contribution in [0.4, 0.5) is 0 Å². The van der Waals surface area contributed by atoms with E-state index in [0.717, 1.165) is 17.5 Å². The van der Waals surface area contributed by atoms with Crippen molar-refractivity contribution in [2.45, 2.75) is 60.2 Å². The highest BCUT2D eigenvalue weighted by Gasteiger charge is 2.25. The molecule has 0 fully saturated rings. The predicted molar refractivity (Wildman–Crippen MR) is 116 cm³/mol. The fraction of sp³-hybridized carbons (Fsp3) is 0.480. The van der Waals surface area contributed by atoms with Gasteiger partial charge in [0.05, 0.1) is 12.7 Å². The Morgan fingerprint density at radius 3 is 2.57 bits per heavy atom. The highest BCUT2D eigenvalue weighted by atomic mass is 16.5. The van der Waals surface area contributed by atoms with Crippen molar-refractivity contribution in [1.29, 1.82) is 0 Å². The van der Waals surface area contributed by atoms with Crippen molar-refractivity contribution in [2.24, 2.45) is 11.8 Å². The van der Waals surface area contributed by atoms with Gasteiger partial charge in [-0.15, -0.1) is 0 Å². The van der Waals surface area contributed by atoms with E-state index < -0.39 is 12.1 Å². The Hall–Kier alpha value is -2.53. The van der Waals surface area contributed by atoms with Crippen molar-refractivity contribution in [2.75, 3.05) is 6.61 Å². The van der Waals surface area contributed by atoms with E-state index in [2.05, 4.69) is 13.8 Å². The van der Waals surface area contributed by atoms with Crippen molar-refractivity contribution in [3.05, 3.63) is 52.6 Å². The van der Waals surface area contributed by atoms with Crippen LogP contribution in [0.3, 0.4) is 0 Å². The summed E-state index contributed by atoms with van der Waals surface area (Å²) >= 11 is 0. The lowest BCUT2D eigenvalue weighted by Gasteiger charge is -2.22. The standard InChI is InChI=1S/C25H32O5/c1-15(2)8-9-28-23-12-17(5)11-19-14-29-25(27)20-13-18(21(26)10-16(3)4)6-7-22(20)30-24(19)23/h6-7,11-13,15-16,21,26H,8-10,14H2,1-5H3/t21-/m0/s1. The Balaban J connectivity index is 1.95. The molecule has 0 spiro atoms. The summed E-state index contributed by atoms with van der Waals surface area (Å²) in [6.07, 6.45) is 0.911. The van der Waals surface area contributed by atoms with Crippen LogP contribution in [0.15, 0.2) is 30.3 Å². The van der Waals surface area contributed by atoms with Gasteiger partial charge in [-0.25, -0.2) is 4.79 Å². The second kappa shape index (κ2) is 9.52. The van der Waals surface area contributed by atoms with Crippen LogP contribution in [-0.4, -0.2) is 17.7 Å². The number of carbonyl (C=O) groups excluding carboxylic acids is 1. The van der Waals surface area contributed by atoms with Gasteiger partial charge in [-0.2, -0.15) is 0 Å². The summed E-state index contributed by atoms with van der Waals surface area (Å²) in [5, 5.41) is 10.5. The number of hydrogen-bond acceptors (Lipinski definition) is 5. The van der Waals surface area contributed by atoms with Gasteiger partial charge in [0.2, 0.25) is 0 Å². The molecule has 5 heteroatoms. The lowest BCUT2D eigenvalue weighted by molar-refractivity contribution is 0.0458. The number of ether oxygens (including phenoxy) is 3. The minimum atomic E-state index is -0.640. The molecule has 0 amide bonds. The Morgan fingerprint density at radius 2 is 1.87 bits per heavy atom. The Bertz CT molecular complexity index is 901. The molecule has 0 saturated carbocycles. The van der Waals surface area contributed by atoms with Crippen molar-refractivity contribution in [3.8, 4) is 17.2 Å². The van der Waals surface area contributed by atoms with E-state index in [-0.39, 0.29) is 6.61 Å². The molecular formula is C25H32O5. The molecule has 162 valence electrons. The van der Waals surface area contributed by atoms with Crippen molar-refractivity contribution < 1.29 is 24.1 Å². The molecule has 5 nitrogen and oxygen atoms in total. The normalized spacial score (nSPS) is 14.3. The van der Waals surface area contributed by atoms with Gasteiger partial charge in [0, 0.05) is 5.56 Å². The monoisotopic (exact) mass is 412 g/mol. The van der Waals surface area contributed by atoms with E-state index in [1.165, 1.54) is 0 Å². The second-order valence-corrected chi connectivity index (χ2v) is 8.86. The van der Waals surface area contributed by atoms with Crippen LogP contribution in [-0.2, 0) is 11.3 Å². The summed E-state index contributed by atoms with van der Waals surface area (Å²) in [7, 11) is 0. The number of hydrogen-bond donors (Lipinski definition) is 1. The lowest BCUT2D eigenvalue weighted by Crippen LogP contribution is -2.13. The van der Waals surface area contributed by atoms with E-state index in [1.54, 1.807) is 18.2 Å². The largest absolute Gasteiger partial charge is 0.490 e. The second-order valence-electron chi connectivity index (χ2n) is 8.86. The summed E-state index contributed by atoms with van der Waals surface area (Å²) in [5.41, 5.74) is 2.79. The van der Waals surface area contributed by atoms with Crippen LogP contribution in [0.1, 0.15) is 73.7 Å². The van der Waals surface area contributed by atoms with Gasteiger partial charge in [-0.1, -0.05) is 33.8 Å². The molecule has 0 bridgehead atoms. The molecule has 3 rings (SSSR count). The zero-order chi connectivity index (χ0) is 21.8. The van der Waals surface area contributed by atoms with Crippen molar-refractivity contribution in [3.63, 3.8) is 0 Å². The lowest BCUT2D eigenvalue weighted by atomic mass is 9.97. The number of fused-ring (bicyclic) bond motifs is 2. The van der Waals surface area contributed by atoms with E-state index >= 15 is 0 Å². The molecule has 0 radical (unpaired) electrons. The van der Waals surface area contributed by atoms with Crippen LogP contribution in [0.25, 0.3) is 0 Å². The predicted octanol–water partition coefficient (Wildman–Crippen LogP) is 5.96. The van der Waals surface area contributed by atoms with Crippen LogP contribution >= 0.6 is 0 Å². The number of esters is 1. The molecule has 1 N–H and O–H groups in total. The first-order chi connectivity index (χ1) is 14.2. The van der Waals surface area contributed by atoms with Gasteiger partial charge in [-0.3, -0.25) is 0 Å². The summed E-state index contributed by atoms with van der Waals surface area (Å²) < 4.78 is 17.8. The zero-order valence-corrected chi connectivity index (χ0v) is 18.5. The van der Waals surface area contributed by atoms with Gasteiger partial charge in [0.15, 0.2) is 11.5 Å². The number of aliphatic hydroxyl groups excluding tert-OH is 1. The van der Waals surface area contributed by atoms with E-state index in [1.807, 2.05) is 32.9 Å². The third kappa shape index (κ3) is 5.33. The van der Waals surface area contributed by atoms with Gasteiger partial charge in [0.25, 0.3) is 0 Å². The fourth-order valence-electron chi connectivity index (χ4n) is 3.46. The van der Waals surface area contributed by atoms with Crippen LogP contribution in [0.2, 0.25) is 0 Å². The van der Waals surface area contributed by atoms with Crippen molar-refractivity contribution >= 4 is 5.97 Å². The number of aliphatic hydroxyl groups is 1. The number of cyclic esters (lactones) is 1. The molecule has 0 aliphatic carbocycles. The first-order valence-electron chi connectivity index (χ1n) is 10.7. The molecule has 1 aliphatic rings. The van der Waals surface area contributed by atoms with Crippen LogP contribution in [0, 0.1) is 18.8 Å². The Labute approximate surface area is 179 Å². The number of aryl methyl sites for hydroxylation is 1. The van der Waals surface area contributed by atoms with E-state index in [0.29, 0.717) is 53.2 Å². The number of carbonyl (C=O) groups is 1. The fourth-order valence-corrected chi connectivity index (χ4v) is 3.46. The number of benzene rings is 2. The molecule has 1 aliphatic heterocycles. The molecule has 0 aromatic heterocycles. The highest BCUT2D eigenvalue weighted by molar-refractivity contribution is 5.93. The molecule has 1 atom stereocenters.